The molecule has 2 rings (SSSR count). The van der Waals surface area contributed by atoms with Crippen molar-refractivity contribution in [3.8, 4) is 0 Å². The summed E-state index contributed by atoms with van der Waals surface area (Å²) in [4.78, 5) is 23.9. The first-order chi connectivity index (χ1) is 11.8. The molecule has 0 aliphatic carbocycles. The first-order valence-corrected chi connectivity index (χ1v) is 7.63. The molecule has 13 heteroatoms. The lowest BCUT2D eigenvalue weighted by atomic mass is 9.96. The maximum absolute atomic E-state index is 13.2. The van der Waals surface area contributed by atoms with E-state index in [1.807, 2.05) is 0 Å². The van der Waals surface area contributed by atoms with Gasteiger partial charge < -0.3 is 10.2 Å². The van der Waals surface area contributed by atoms with Crippen LogP contribution in [0.4, 0.5) is 26.3 Å². The average Bonchev–Trinajstić information content (AvgIpc) is 2.84. The van der Waals surface area contributed by atoms with Gasteiger partial charge in [0.25, 0.3) is 5.91 Å². The van der Waals surface area contributed by atoms with Crippen molar-refractivity contribution in [1.82, 2.24) is 20.0 Å². The van der Waals surface area contributed by atoms with Crippen molar-refractivity contribution in [2.75, 3.05) is 6.54 Å². The maximum atomic E-state index is 13.2. The minimum atomic E-state index is -5.18. The summed E-state index contributed by atoms with van der Waals surface area (Å²) in [5, 5.41) is 5.05. The lowest BCUT2D eigenvalue weighted by Crippen LogP contribution is -2.59. The predicted molar refractivity (Wildman–Crippen MR) is 76.3 cm³/mol. The first kappa shape index (κ1) is 20.3. The summed E-state index contributed by atoms with van der Waals surface area (Å²) >= 11 is 5.82. The molecule has 1 aliphatic heterocycles. The number of aryl methyl sites for hydroxylation is 1. The number of amides is 2. The minimum absolute atomic E-state index is 0.211. The lowest BCUT2D eigenvalue weighted by Gasteiger charge is -2.40. The fraction of sp³-hybridized carbons (Fsp3) is 0.615. The van der Waals surface area contributed by atoms with E-state index in [1.54, 1.807) is 5.32 Å². The molecule has 1 aromatic rings. The van der Waals surface area contributed by atoms with Gasteiger partial charge in [0.2, 0.25) is 0 Å². The van der Waals surface area contributed by atoms with Gasteiger partial charge in [-0.25, -0.2) is 0 Å². The maximum Gasteiger partial charge on any atom is 0.471 e. The summed E-state index contributed by atoms with van der Waals surface area (Å²) in [6, 6.07) is -3.48. The molecule has 26 heavy (non-hydrogen) atoms. The third-order valence-electron chi connectivity index (χ3n) is 3.91. The molecular weight excluding hydrogens is 394 g/mol. The van der Waals surface area contributed by atoms with E-state index >= 15 is 0 Å². The van der Waals surface area contributed by atoms with E-state index in [2.05, 4.69) is 5.10 Å². The number of hydrogen-bond acceptors (Lipinski definition) is 3. The molecular formula is C13H13ClF6N4O2. The van der Waals surface area contributed by atoms with Crippen LogP contribution in [-0.2, 0) is 11.8 Å². The molecule has 1 aromatic heterocycles. The Bertz CT molecular complexity index is 702. The van der Waals surface area contributed by atoms with Crippen molar-refractivity contribution in [3.63, 3.8) is 0 Å². The molecule has 0 spiro atoms. The summed E-state index contributed by atoms with van der Waals surface area (Å²) in [7, 11) is 1.36. The molecule has 0 aromatic carbocycles. The first-order valence-electron chi connectivity index (χ1n) is 7.25. The average molecular weight is 407 g/mol. The summed E-state index contributed by atoms with van der Waals surface area (Å²) in [6.07, 6.45) is -10.0. The Labute approximate surface area is 148 Å². The quantitative estimate of drug-likeness (QED) is 0.766. The Morgan fingerprint density at radius 3 is 2.31 bits per heavy atom. The van der Waals surface area contributed by atoms with Crippen molar-refractivity contribution in [2.45, 2.75) is 37.3 Å². The van der Waals surface area contributed by atoms with Gasteiger partial charge in [-0.1, -0.05) is 11.6 Å². The van der Waals surface area contributed by atoms with Gasteiger partial charge in [-0.15, -0.1) is 0 Å². The van der Waals surface area contributed by atoms with Gasteiger partial charge in [-0.2, -0.15) is 31.4 Å². The van der Waals surface area contributed by atoms with Gasteiger partial charge in [-0.3, -0.25) is 14.3 Å². The lowest BCUT2D eigenvalue weighted by molar-refractivity contribution is -0.187. The standard InChI is InChI=1S/C13H13ClF6N4O2/c1-23-9(14)7(4-21-23)10(25)24-5-6(22-11(26)13(18,19)20)2-3-8(24)12(15,16)17/h4,6,8H,2-3,5H2,1H3,(H,22,26)/t6-,8-/m1/s1. The van der Waals surface area contributed by atoms with E-state index in [0.29, 0.717) is 4.90 Å². The molecule has 146 valence electrons. The Hall–Kier alpha value is -1.98. The SMILES string of the molecule is Cn1ncc(C(=O)N2C[C@H](NC(=O)C(F)(F)F)CC[C@@H]2C(F)(F)F)c1Cl. The van der Waals surface area contributed by atoms with Crippen LogP contribution in [0.2, 0.25) is 5.15 Å². The molecule has 1 aliphatic rings. The fourth-order valence-corrected chi connectivity index (χ4v) is 2.81. The number of piperidine rings is 1. The predicted octanol–water partition coefficient (Wildman–Crippen LogP) is 2.29. The second-order valence-corrected chi connectivity index (χ2v) is 6.09. The van der Waals surface area contributed by atoms with E-state index in [9.17, 15) is 35.9 Å². The van der Waals surface area contributed by atoms with Crippen LogP contribution in [0.1, 0.15) is 23.2 Å². The summed E-state index contributed by atoms with van der Waals surface area (Å²) in [5.41, 5.74) is -0.314. The van der Waals surface area contributed by atoms with Crippen LogP contribution < -0.4 is 5.32 Å². The normalized spacial score (nSPS) is 21.6. The second-order valence-electron chi connectivity index (χ2n) is 5.73. The molecule has 1 saturated heterocycles. The number of halogens is 7. The number of nitrogens with one attached hydrogen (secondary N) is 1. The molecule has 1 N–H and O–H groups in total. The second kappa shape index (κ2) is 6.97. The van der Waals surface area contributed by atoms with E-state index in [-0.39, 0.29) is 17.1 Å². The number of hydrogen-bond donors (Lipinski definition) is 1. The zero-order valence-corrected chi connectivity index (χ0v) is 13.9. The monoisotopic (exact) mass is 406 g/mol. The van der Waals surface area contributed by atoms with Crippen molar-refractivity contribution in [2.24, 2.45) is 7.05 Å². The zero-order valence-electron chi connectivity index (χ0n) is 13.2. The number of carbonyl (C=O) groups excluding carboxylic acids is 2. The van der Waals surface area contributed by atoms with Crippen LogP contribution in [-0.4, -0.2) is 57.5 Å². The molecule has 6 nitrogen and oxygen atoms in total. The largest absolute Gasteiger partial charge is 0.471 e. The zero-order chi connectivity index (χ0) is 19.9. The number of nitrogens with zero attached hydrogens (tertiary/aromatic N) is 3. The number of carbonyl (C=O) groups is 2. The molecule has 0 bridgehead atoms. The number of aromatic nitrogens is 2. The Balaban J connectivity index is 2.26. The summed E-state index contributed by atoms with van der Waals surface area (Å²) in [5.74, 6) is -3.41. The Morgan fingerprint density at radius 1 is 1.23 bits per heavy atom. The van der Waals surface area contributed by atoms with Crippen LogP contribution in [0.15, 0.2) is 6.20 Å². The minimum Gasteiger partial charge on any atom is -0.344 e. The smallest absolute Gasteiger partial charge is 0.344 e. The molecule has 0 saturated carbocycles. The topological polar surface area (TPSA) is 67.2 Å². The van der Waals surface area contributed by atoms with Gasteiger partial charge in [0.05, 0.1) is 11.8 Å². The molecule has 2 atom stereocenters. The fourth-order valence-electron chi connectivity index (χ4n) is 2.64. The highest BCUT2D eigenvalue weighted by Crippen LogP contribution is 2.34. The van der Waals surface area contributed by atoms with Gasteiger partial charge in [-0.05, 0) is 12.8 Å². The van der Waals surface area contributed by atoms with Crippen LogP contribution in [0, 0.1) is 0 Å². The number of rotatable bonds is 2. The van der Waals surface area contributed by atoms with Gasteiger partial charge in [0.15, 0.2) is 0 Å². The van der Waals surface area contributed by atoms with Gasteiger partial charge in [0, 0.05) is 19.6 Å². The summed E-state index contributed by atoms with van der Waals surface area (Å²) < 4.78 is 77.8. The van der Waals surface area contributed by atoms with Crippen molar-refractivity contribution >= 4 is 23.4 Å². The highest BCUT2D eigenvalue weighted by Gasteiger charge is 2.49. The third-order valence-corrected chi connectivity index (χ3v) is 4.36. The van der Waals surface area contributed by atoms with Gasteiger partial charge in [0.1, 0.15) is 11.2 Å². The van der Waals surface area contributed by atoms with Crippen LogP contribution in [0.3, 0.4) is 0 Å². The highest BCUT2D eigenvalue weighted by molar-refractivity contribution is 6.32. The molecule has 2 amide bonds. The van der Waals surface area contributed by atoms with E-state index in [1.165, 1.54) is 7.05 Å². The van der Waals surface area contributed by atoms with Crippen molar-refractivity contribution in [1.29, 1.82) is 0 Å². The number of alkyl halides is 6. The van der Waals surface area contributed by atoms with E-state index in [4.69, 9.17) is 11.6 Å². The molecule has 1 fully saturated rings. The van der Waals surface area contributed by atoms with E-state index in [0.717, 1.165) is 10.9 Å². The Kier molecular flexibility index (Phi) is 5.45. The Morgan fingerprint density at radius 2 is 1.85 bits per heavy atom. The van der Waals surface area contributed by atoms with Crippen LogP contribution in [0.25, 0.3) is 0 Å². The van der Waals surface area contributed by atoms with Crippen molar-refractivity contribution < 1.29 is 35.9 Å². The van der Waals surface area contributed by atoms with Crippen molar-refractivity contribution in [3.05, 3.63) is 16.9 Å². The molecule has 2 heterocycles. The highest BCUT2D eigenvalue weighted by atomic mass is 35.5. The van der Waals surface area contributed by atoms with Crippen LogP contribution in [0.5, 0.6) is 0 Å². The third kappa shape index (κ3) is 4.22. The van der Waals surface area contributed by atoms with Crippen LogP contribution >= 0.6 is 11.6 Å². The van der Waals surface area contributed by atoms with Gasteiger partial charge >= 0.3 is 18.3 Å². The molecule has 0 radical (unpaired) electrons. The van der Waals surface area contributed by atoms with E-state index < -0.39 is 49.2 Å². The summed E-state index contributed by atoms with van der Waals surface area (Å²) in [6.45, 7) is -0.740. The number of likely N-dealkylation sites (tertiary alicyclic amines) is 1. The molecule has 0 unspecified atom stereocenters.